The molecule has 1 N–H and O–H groups in total. The van der Waals surface area contributed by atoms with E-state index in [0.29, 0.717) is 35.9 Å². The number of rotatable bonds is 8. The van der Waals surface area contributed by atoms with E-state index in [-0.39, 0.29) is 11.3 Å². The van der Waals surface area contributed by atoms with E-state index in [0.717, 1.165) is 16.6 Å². The number of halogens is 2. The molecule has 1 aliphatic rings. The van der Waals surface area contributed by atoms with Crippen LogP contribution in [0.4, 0.5) is 0 Å². The van der Waals surface area contributed by atoms with Gasteiger partial charge in [0.05, 0.1) is 23.2 Å². The Hall–Kier alpha value is -2.35. The molecule has 0 radical (unpaired) electrons. The first-order valence-electron chi connectivity index (χ1n) is 10.4. The quantitative estimate of drug-likeness (QED) is 0.305. The van der Waals surface area contributed by atoms with Crippen LogP contribution in [-0.4, -0.2) is 60.4 Å². The lowest BCUT2D eigenvalue weighted by atomic mass is 9.95. The Balaban J connectivity index is 2.09. The molecule has 32 heavy (non-hydrogen) atoms. The van der Waals surface area contributed by atoms with Crippen molar-refractivity contribution in [2.24, 2.45) is 0 Å². The van der Waals surface area contributed by atoms with Gasteiger partial charge < -0.3 is 19.6 Å². The van der Waals surface area contributed by atoms with Crippen molar-refractivity contribution in [1.82, 2.24) is 9.80 Å². The van der Waals surface area contributed by atoms with Crippen molar-refractivity contribution in [3.05, 3.63) is 68.7 Å². The summed E-state index contributed by atoms with van der Waals surface area (Å²) in [5, 5.41) is 11.5. The molecule has 1 fully saturated rings. The van der Waals surface area contributed by atoms with Gasteiger partial charge in [0.1, 0.15) is 11.5 Å². The van der Waals surface area contributed by atoms with Gasteiger partial charge in [-0.2, -0.15) is 0 Å². The fourth-order valence-electron chi connectivity index (χ4n) is 3.77. The first-order chi connectivity index (χ1) is 15.2. The summed E-state index contributed by atoms with van der Waals surface area (Å²) < 4.78 is 6.27. The molecule has 1 unspecified atom stereocenters. The summed E-state index contributed by atoms with van der Waals surface area (Å²) in [5.74, 6) is -1.10. The number of Topliss-reactive ketones (excluding diaryl/α,β-unsaturated/α-hetero) is 1. The van der Waals surface area contributed by atoms with Crippen molar-refractivity contribution < 1.29 is 19.4 Å². The molecule has 0 spiro atoms. The Morgan fingerprint density at radius 1 is 1.22 bits per heavy atom. The second-order valence-corrected chi connectivity index (χ2v) is 9.11. The molecule has 3 rings (SSSR count). The van der Waals surface area contributed by atoms with Gasteiger partial charge in [-0.1, -0.05) is 39.7 Å². The van der Waals surface area contributed by atoms with E-state index < -0.39 is 17.7 Å². The van der Waals surface area contributed by atoms with E-state index in [4.69, 9.17) is 16.3 Å². The predicted molar refractivity (Wildman–Crippen MR) is 129 cm³/mol. The average Bonchev–Trinajstić information content (AvgIpc) is 2.99. The highest BCUT2D eigenvalue weighted by Gasteiger charge is 2.45. The largest absolute Gasteiger partial charge is 0.507 e. The molecule has 1 heterocycles. The maximum Gasteiger partial charge on any atom is 0.295 e. The van der Waals surface area contributed by atoms with Gasteiger partial charge in [0.25, 0.3) is 11.7 Å². The molecule has 0 aromatic heterocycles. The zero-order chi connectivity index (χ0) is 23.4. The SMILES string of the molecule is CCOc1ccc(/C(O)=C2\C(=O)C(=O)N(CCCN(C)C)C2c2cccc(Br)c2)cc1Cl. The van der Waals surface area contributed by atoms with Crippen LogP contribution in [0.5, 0.6) is 5.75 Å². The first kappa shape index (κ1) is 24.3. The molecular formula is C24H26BrClN2O4. The van der Waals surface area contributed by atoms with Crippen LogP contribution >= 0.6 is 27.5 Å². The molecule has 0 aliphatic carbocycles. The highest BCUT2D eigenvalue weighted by molar-refractivity contribution is 9.10. The lowest BCUT2D eigenvalue weighted by Gasteiger charge is -2.26. The van der Waals surface area contributed by atoms with Crippen LogP contribution in [0, 0.1) is 0 Å². The van der Waals surface area contributed by atoms with Crippen molar-refractivity contribution in [2.45, 2.75) is 19.4 Å². The molecule has 2 aromatic carbocycles. The Morgan fingerprint density at radius 3 is 2.59 bits per heavy atom. The summed E-state index contributed by atoms with van der Waals surface area (Å²) in [7, 11) is 3.91. The number of hydrogen-bond acceptors (Lipinski definition) is 5. The molecule has 1 aliphatic heterocycles. The minimum absolute atomic E-state index is 0.0539. The molecule has 0 saturated carbocycles. The summed E-state index contributed by atoms with van der Waals surface area (Å²) in [6.45, 7) is 3.45. The standard InChI is InChI=1S/C24H26BrClN2O4/c1-4-32-19-10-9-16(14-18(19)26)22(29)20-21(15-7-5-8-17(25)13-15)28(24(31)23(20)30)12-6-11-27(2)3/h5,7-10,13-14,21,29H,4,6,11-12H2,1-3H3/b22-20+. The number of likely N-dealkylation sites (tertiary alicyclic amines) is 1. The van der Waals surface area contributed by atoms with Gasteiger partial charge in [-0.3, -0.25) is 9.59 Å². The number of aliphatic hydroxyl groups is 1. The van der Waals surface area contributed by atoms with Crippen LogP contribution in [0.3, 0.4) is 0 Å². The van der Waals surface area contributed by atoms with Crippen molar-refractivity contribution in [2.75, 3.05) is 33.8 Å². The van der Waals surface area contributed by atoms with Gasteiger partial charge in [0.15, 0.2) is 0 Å². The molecular weight excluding hydrogens is 496 g/mol. The van der Waals surface area contributed by atoms with E-state index >= 15 is 0 Å². The molecule has 170 valence electrons. The van der Waals surface area contributed by atoms with Crippen molar-refractivity contribution in [3.63, 3.8) is 0 Å². The summed E-state index contributed by atoms with van der Waals surface area (Å²) in [4.78, 5) is 29.6. The second kappa shape index (κ2) is 10.5. The number of benzene rings is 2. The minimum atomic E-state index is -0.706. The molecule has 0 bridgehead atoms. The number of hydrogen-bond donors (Lipinski definition) is 1. The Morgan fingerprint density at radius 2 is 1.97 bits per heavy atom. The Labute approximate surface area is 201 Å². The van der Waals surface area contributed by atoms with Gasteiger partial charge in [0, 0.05) is 16.6 Å². The van der Waals surface area contributed by atoms with Crippen LogP contribution < -0.4 is 4.74 Å². The summed E-state index contributed by atoms with van der Waals surface area (Å²) in [6.07, 6.45) is 0.694. The molecule has 1 saturated heterocycles. The predicted octanol–water partition coefficient (Wildman–Crippen LogP) is 4.87. The van der Waals surface area contributed by atoms with E-state index in [1.54, 1.807) is 18.2 Å². The molecule has 2 aromatic rings. The van der Waals surface area contributed by atoms with Gasteiger partial charge in [0.2, 0.25) is 0 Å². The number of nitrogens with zero attached hydrogens (tertiary/aromatic N) is 2. The summed E-state index contributed by atoms with van der Waals surface area (Å²) >= 11 is 9.75. The zero-order valence-corrected chi connectivity index (χ0v) is 20.6. The minimum Gasteiger partial charge on any atom is -0.507 e. The number of aliphatic hydroxyl groups excluding tert-OH is 1. The van der Waals surface area contributed by atoms with Gasteiger partial charge in [-0.25, -0.2) is 0 Å². The maximum absolute atomic E-state index is 13.1. The number of ether oxygens (including phenoxy) is 1. The van der Waals surface area contributed by atoms with Crippen molar-refractivity contribution >= 4 is 45.0 Å². The van der Waals surface area contributed by atoms with Crippen LogP contribution in [0.15, 0.2) is 52.5 Å². The topological polar surface area (TPSA) is 70.1 Å². The maximum atomic E-state index is 13.1. The number of carbonyl (C=O) groups is 2. The van der Waals surface area contributed by atoms with Gasteiger partial charge >= 0.3 is 0 Å². The van der Waals surface area contributed by atoms with E-state index in [2.05, 4.69) is 15.9 Å². The van der Waals surface area contributed by atoms with Crippen molar-refractivity contribution in [3.8, 4) is 5.75 Å². The highest BCUT2D eigenvalue weighted by atomic mass is 79.9. The molecule has 8 heteroatoms. The smallest absolute Gasteiger partial charge is 0.295 e. The van der Waals surface area contributed by atoms with Gasteiger partial charge in [-0.15, -0.1) is 0 Å². The van der Waals surface area contributed by atoms with Crippen LogP contribution in [-0.2, 0) is 9.59 Å². The summed E-state index contributed by atoms with van der Waals surface area (Å²) in [5.41, 5.74) is 1.14. The van der Waals surface area contributed by atoms with E-state index in [9.17, 15) is 14.7 Å². The third-order valence-corrected chi connectivity index (χ3v) is 6.00. The number of amides is 1. The van der Waals surface area contributed by atoms with Crippen LogP contribution in [0.25, 0.3) is 5.76 Å². The third kappa shape index (κ3) is 5.17. The fraction of sp³-hybridized carbons (Fsp3) is 0.333. The monoisotopic (exact) mass is 520 g/mol. The normalized spacial score (nSPS) is 17.9. The Kier molecular flexibility index (Phi) is 7.98. The summed E-state index contributed by atoms with van der Waals surface area (Å²) in [6, 6.07) is 11.5. The van der Waals surface area contributed by atoms with Gasteiger partial charge in [-0.05, 0) is 69.9 Å². The van der Waals surface area contributed by atoms with Crippen LogP contribution in [0.1, 0.15) is 30.5 Å². The van der Waals surface area contributed by atoms with E-state index in [1.807, 2.05) is 50.2 Å². The second-order valence-electron chi connectivity index (χ2n) is 7.78. The number of carbonyl (C=O) groups excluding carboxylic acids is 2. The first-order valence-corrected chi connectivity index (χ1v) is 11.5. The zero-order valence-electron chi connectivity index (χ0n) is 18.3. The average molecular weight is 522 g/mol. The van der Waals surface area contributed by atoms with E-state index in [1.165, 1.54) is 4.90 Å². The lowest BCUT2D eigenvalue weighted by molar-refractivity contribution is -0.139. The Bertz CT molecular complexity index is 1050. The third-order valence-electron chi connectivity index (χ3n) is 5.21. The molecule has 1 amide bonds. The fourth-order valence-corrected chi connectivity index (χ4v) is 4.42. The molecule has 6 nitrogen and oxygen atoms in total. The van der Waals surface area contributed by atoms with Crippen molar-refractivity contribution in [1.29, 1.82) is 0 Å². The highest BCUT2D eigenvalue weighted by Crippen LogP contribution is 2.40. The number of ketones is 1. The van der Waals surface area contributed by atoms with Crippen LogP contribution in [0.2, 0.25) is 5.02 Å². The lowest BCUT2D eigenvalue weighted by Crippen LogP contribution is -2.32. The molecule has 1 atom stereocenters.